The second-order valence-electron chi connectivity index (χ2n) is 4.31. The lowest BCUT2D eigenvalue weighted by molar-refractivity contribution is -0.116. The maximum atomic E-state index is 12.4. The van der Waals surface area contributed by atoms with Gasteiger partial charge in [-0.2, -0.15) is 0 Å². The van der Waals surface area contributed by atoms with Gasteiger partial charge in [0.2, 0.25) is 5.91 Å². The molecular weight excluding hydrogens is 256 g/mol. The number of hydrogen-bond donors (Lipinski definition) is 1. The van der Waals surface area contributed by atoms with Gasteiger partial charge in [-0.05, 0) is 24.3 Å². The van der Waals surface area contributed by atoms with Crippen LogP contribution in [0.15, 0.2) is 54.6 Å². The molecule has 0 unspecified atom stereocenters. The van der Waals surface area contributed by atoms with E-state index < -0.39 is 0 Å². The molecular formula is C15H12N2OS. The van der Waals surface area contributed by atoms with Crippen molar-refractivity contribution in [2.24, 2.45) is 0 Å². The van der Waals surface area contributed by atoms with Crippen molar-refractivity contribution in [3.63, 3.8) is 0 Å². The summed E-state index contributed by atoms with van der Waals surface area (Å²) in [5.41, 5.74) is 2.55. The fourth-order valence-corrected chi connectivity index (χ4v) is 2.41. The zero-order chi connectivity index (χ0) is 13.2. The molecule has 0 aliphatic carbocycles. The number of carbonyl (C=O) groups excluding carboxylic acids is 1. The van der Waals surface area contributed by atoms with Gasteiger partial charge in [0, 0.05) is 5.69 Å². The Labute approximate surface area is 116 Å². The number of anilines is 3. The minimum atomic E-state index is -0.0198. The molecule has 1 N–H and O–H groups in total. The lowest BCUT2D eigenvalue weighted by Crippen LogP contribution is -2.25. The fraction of sp³-hybridized carbons (Fsp3) is 0.0667. The number of benzene rings is 2. The number of amides is 1. The SMILES string of the molecule is O=C1CC(=S)Nc2ccccc2N1c1ccccc1. The summed E-state index contributed by atoms with van der Waals surface area (Å²) in [7, 11) is 0. The minimum Gasteiger partial charge on any atom is -0.348 e. The number of nitrogens with one attached hydrogen (secondary N) is 1. The molecule has 0 aromatic heterocycles. The number of thiocarbonyl (C=S) groups is 1. The molecule has 0 saturated heterocycles. The van der Waals surface area contributed by atoms with Crippen molar-refractivity contribution in [3.05, 3.63) is 54.6 Å². The number of carbonyl (C=O) groups is 1. The molecule has 3 rings (SSSR count). The van der Waals surface area contributed by atoms with Gasteiger partial charge < -0.3 is 5.32 Å². The molecule has 2 aromatic carbocycles. The molecule has 1 aliphatic heterocycles. The molecule has 19 heavy (non-hydrogen) atoms. The molecule has 2 aromatic rings. The van der Waals surface area contributed by atoms with Gasteiger partial charge in [0.15, 0.2) is 0 Å². The van der Waals surface area contributed by atoms with Gasteiger partial charge in [0.1, 0.15) is 0 Å². The molecule has 1 heterocycles. The Bertz CT molecular complexity index is 640. The summed E-state index contributed by atoms with van der Waals surface area (Å²) in [4.78, 5) is 14.6. The van der Waals surface area contributed by atoms with Gasteiger partial charge in [-0.3, -0.25) is 9.69 Å². The average molecular weight is 268 g/mol. The van der Waals surface area contributed by atoms with Crippen molar-refractivity contribution < 1.29 is 4.79 Å². The molecule has 3 nitrogen and oxygen atoms in total. The smallest absolute Gasteiger partial charge is 0.238 e. The second kappa shape index (κ2) is 4.82. The van der Waals surface area contributed by atoms with E-state index in [0.717, 1.165) is 17.1 Å². The third kappa shape index (κ3) is 2.22. The van der Waals surface area contributed by atoms with Gasteiger partial charge in [-0.15, -0.1) is 0 Å². The van der Waals surface area contributed by atoms with Gasteiger partial charge in [0.05, 0.1) is 22.8 Å². The quantitative estimate of drug-likeness (QED) is 0.803. The van der Waals surface area contributed by atoms with E-state index in [0.29, 0.717) is 4.99 Å². The summed E-state index contributed by atoms with van der Waals surface area (Å²) in [6.07, 6.45) is 0.221. The van der Waals surface area contributed by atoms with E-state index in [1.54, 1.807) is 4.90 Å². The van der Waals surface area contributed by atoms with Crippen molar-refractivity contribution in [1.82, 2.24) is 0 Å². The van der Waals surface area contributed by atoms with Crippen molar-refractivity contribution in [2.75, 3.05) is 10.2 Å². The maximum Gasteiger partial charge on any atom is 0.238 e. The van der Waals surface area contributed by atoms with Crippen LogP contribution >= 0.6 is 12.2 Å². The van der Waals surface area contributed by atoms with Crippen LogP contribution in [0, 0.1) is 0 Å². The molecule has 0 atom stereocenters. The zero-order valence-electron chi connectivity index (χ0n) is 10.2. The highest BCUT2D eigenvalue weighted by atomic mass is 32.1. The lowest BCUT2D eigenvalue weighted by atomic mass is 10.2. The first kappa shape index (κ1) is 11.9. The number of fused-ring (bicyclic) bond motifs is 1. The van der Waals surface area contributed by atoms with E-state index in [1.807, 2.05) is 54.6 Å². The summed E-state index contributed by atoms with van der Waals surface area (Å²) in [6.45, 7) is 0. The van der Waals surface area contributed by atoms with Crippen LogP contribution in [0.5, 0.6) is 0 Å². The van der Waals surface area contributed by atoms with Crippen LogP contribution < -0.4 is 10.2 Å². The Balaban J connectivity index is 2.17. The minimum absolute atomic E-state index is 0.0198. The third-order valence-electron chi connectivity index (χ3n) is 2.99. The van der Waals surface area contributed by atoms with E-state index in [1.165, 1.54) is 0 Å². The number of nitrogens with zero attached hydrogens (tertiary/aromatic N) is 1. The highest BCUT2D eigenvalue weighted by Gasteiger charge is 2.25. The summed E-state index contributed by atoms with van der Waals surface area (Å²) >= 11 is 5.19. The molecule has 0 saturated carbocycles. The van der Waals surface area contributed by atoms with Crippen LogP contribution in [0.25, 0.3) is 0 Å². The fourth-order valence-electron chi connectivity index (χ4n) is 2.18. The van der Waals surface area contributed by atoms with Crippen LogP contribution in [0.2, 0.25) is 0 Å². The van der Waals surface area contributed by atoms with Crippen LogP contribution in [-0.4, -0.2) is 10.9 Å². The highest BCUT2D eigenvalue weighted by Crippen LogP contribution is 2.34. The Kier molecular flexibility index (Phi) is 3.01. The lowest BCUT2D eigenvalue weighted by Gasteiger charge is -2.22. The topological polar surface area (TPSA) is 32.3 Å². The summed E-state index contributed by atoms with van der Waals surface area (Å²) in [5.74, 6) is -0.0198. The van der Waals surface area contributed by atoms with Crippen LogP contribution in [0.3, 0.4) is 0 Å². The van der Waals surface area contributed by atoms with Crippen molar-refractivity contribution in [2.45, 2.75) is 6.42 Å². The van der Waals surface area contributed by atoms with Crippen LogP contribution in [0.4, 0.5) is 17.1 Å². The predicted molar refractivity (Wildman–Crippen MR) is 80.9 cm³/mol. The van der Waals surface area contributed by atoms with Crippen molar-refractivity contribution in [1.29, 1.82) is 0 Å². The van der Waals surface area contributed by atoms with Gasteiger partial charge in [-0.25, -0.2) is 0 Å². The summed E-state index contributed by atoms with van der Waals surface area (Å²) in [5, 5.41) is 3.12. The molecule has 0 spiro atoms. The molecule has 1 aliphatic rings. The molecule has 4 heteroatoms. The summed E-state index contributed by atoms with van der Waals surface area (Å²) in [6, 6.07) is 17.3. The number of hydrogen-bond acceptors (Lipinski definition) is 2. The van der Waals surface area contributed by atoms with E-state index in [4.69, 9.17) is 12.2 Å². The van der Waals surface area contributed by atoms with Crippen molar-refractivity contribution >= 4 is 40.2 Å². The number of rotatable bonds is 1. The first-order valence-electron chi connectivity index (χ1n) is 6.02. The zero-order valence-corrected chi connectivity index (χ0v) is 11.0. The van der Waals surface area contributed by atoms with E-state index in [2.05, 4.69) is 5.32 Å². The standard InChI is InChI=1S/C15H12N2OS/c18-15-10-14(19)16-12-8-4-5-9-13(12)17(15)11-6-2-1-3-7-11/h1-9H,10H2,(H,16,19). The first-order chi connectivity index (χ1) is 9.25. The number of para-hydroxylation sites is 3. The molecule has 94 valence electrons. The molecule has 1 amide bonds. The summed E-state index contributed by atoms with van der Waals surface area (Å²) < 4.78 is 0. The predicted octanol–water partition coefficient (Wildman–Crippen LogP) is 3.49. The normalized spacial score (nSPS) is 14.6. The highest BCUT2D eigenvalue weighted by molar-refractivity contribution is 7.80. The van der Waals surface area contributed by atoms with Crippen LogP contribution in [-0.2, 0) is 4.79 Å². The Morgan fingerprint density at radius 3 is 2.47 bits per heavy atom. The van der Waals surface area contributed by atoms with E-state index in [-0.39, 0.29) is 12.3 Å². The Morgan fingerprint density at radius 1 is 1.00 bits per heavy atom. The second-order valence-corrected chi connectivity index (χ2v) is 4.80. The monoisotopic (exact) mass is 268 g/mol. The van der Waals surface area contributed by atoms with Gasteiger partial charge in [-0.1, -0.05) is 42.5 Å². The molecule has 0 fully saturated rings. The Morgan fingerprint density at radius 2 is 1.68 bits per heavy atom. The third-order valence-corrected chi connectivity index (χ3v) is 3.24. The first-order valence-corrected chi connectivity index (χ1v) is 6.43. The van der Waals surface area contributed by atoms with E-state index >= 15 is 0 Å². The van der Waals surface area contributed by atoms with E-state index in [9.17, 15) is 4.79 Å². The van der Waals surface area contributed by atoms with Gasteiger partial charge in [0.25, 0.3) is 0 Å². The molecule has 0 bridgehead atoms. The average Bonchev–Trinajstić information content (AvgIpc) is 2.54. The van der Waals surface area contributed by atoms with Gasteiger partial charge >= 0.3 is 0 Å². The van der Waals surface area contributed by atoms with Crippen LogP contribution in [0.1, 0.15) is 6.42 Å². The maximum absolute atomic E-state index is 12.4. The molecule has 0 radical (unpaired) electrons. The largest absolute Gasteiger partial charge is 0.348 e. The Hall–Kier alpha value is -2.20. The van der Waals surface area contributed by atoms with Crippen molar-refractivity contribution in [3.8, 4) is 0 Å².